The first-order chi connectivity index (χ1) is 16.9. The van der Waals surface area contributed by atoms with Crippen LogP contribution in [0, 0.1) is 0 Å². The number of hydrogen-bond donors (Lipinski definition) is 1. The van der Waals surface area contributed by atoms with Crippen LogP contribution in [0.2, 0.25) is 0 Å². The third kappa shape index (κ3) is 5.66. The molecule has 1 fully saturated rings. The van der Waals surface area contributed by atoms with Crippen LogP contribution in [0.25, 0.3) is 5.69 Å². The zero-order valence-corrected chi connectivity index (χ0v) is 20.8. The Morgan fingerprint density at radius 3 is 2.34 bits per heavy atom. The van der Waals surface area contributed by atoms with Gasteiger partial charge in [0.1, 0.15) is 16.4 Å². The number of methoxy groups -OCH3 is 2. The molecule has 4 rings (SSSR count). The van der Waals surface area contributed by atoms with E-state index in [9.17, 15) is 13.2 Å². The molecule has 0 spiro atoms. The SMILES string of the molecule is COc1ccc(-n2ccc(CNC(=O)c3ccc(OC)c(S(=O)(=O)N4CCCCCC4)c3)n2)cc1. The van der Waals surface area contributed by atoms with Gasteiger partial charge in [0.25, 0.3) is 5.91 Å². The van der Waals surface area contributed by atoms with Crippen molar-refractivity contribution in [3.8, 4) is 17.2 Å². The van der Waals surface area contributed by atoms with Gasteiger partial charge in [-0.15, -0.1) is 0 Å². The van der Waals surface area contributed by atoms with Crippen molar-refractivity contribution in [1.29, 1.82) is 0 Å². The minimum Gasteiger partial charge on any atom is -0.497 e. The Morgan fingerprint density at radius 2 is 1.69 bits per heavy atom. The lowest BCUT2D eigenvalue weighted by Gasteiger charge is -2.21. The third-order valence-electron chi connectivity index (χ3n) is 6.02. The van der Waals surface area contributed by atoms with E-state index in [0.29, 0.717) is 18.8 Å². The molecule has 2 aromatic carbocycles. The average Bonchev–Trinajstić information content (AvgIpc) is 3.18. The largest absolute Gasteiger partial charge is 0.497 e. The molecule has 1 saturated heterocycles. The van der Waals surface area contributed by atoms with Gasteiger partial charge in [-0.25, -0.2) is 13.1 Å². The van der Waals surface area contributed by atoms with Crippen molar-refractivity contribution >= 4 is 15.9 Å². The van der Waals surface area contributed by atoms with Crippen molar-refractivity contribution in [2.24, 2.45) is 0 Å². The van der Waals surface area contributed by atoms with Crippen molar-refractivity contribution in [2.75, 3.05) is 27.3 Å². The number of nitrogens with zero attached hydrogens (tertiary/aromatic N) is 3. The normalized spacial score (nSPS) is 14.8. The molecule has 0 atom stereocenters. The summed E-state index contributed by atoms with van der Waals surface area (Å²) in [4.78, 5) is 12.9. The molecule has 0 unspecified atom stereocenters. The maximum atomic E-state index is 13.3. The number of carbonyl (C=O) groups is 1. The van der Waals surface area contributed by atoms with E-state index in [1.807, 2.05) is 36.5 Å². The fourth-order valence-electron chi connectivity index (χ4n) is 4.05. The first kappa shape index (κ1) is 24.7. The Hall–Kier alpha value is -3.37. The first-order valence-electron chi connectivity index (χ1n) is 11.6. The molecule has 3 aromatic rings. The van der Waals surface area contributed by atoms with E-state index in [1.165, 1.54) is 23.5 Å². The van der Waals surface area contributed by atoms with Gasteiger partial charge in [-0.2, -0.15) is 9.40 Å². The Bertz CT molecular complexity index is 1260. The van der Waals surface area contributed by atoms with E-state index in [2.05, 4.69) is 10.4 Å². The van der Waals surface area contributed by atoms with Crippen molar-refractivity contribution in [3.63, 3.8) is 0 Å². The third-order valence-corrected chi connectivity index (χ3v) is 7.94. The predicted octanol–water partition coefficient (Wildman–Crippen LogP) is 3.38. The van der Waals surface area contributed by atoms with Crippen molar-refractivity contribution in [3.05, 3.63) is 66.0 Å². The highest BCUT2D eigenvalue weighted by molar-refractivity contribution is 7.89. The monoisotopic (exact) mass is 498 g/mol. The number of ether oxygens (including phenoxy) is 2. The molecule has 1 amide bonds. The standard InChI is InChI=1S/C25H30N4O5S/c1-33-22-10-8-21(9-11-22)29-16-13-20(27-29)18-26-25(30)19-7-12-23(34-2)24(17-19)35(31,32)28-14-5-3-4-6-15-28/h7-13,16-17H,3-6,14-15,18H2,1-2H3,(H,26,30). The van der Waals surface area contributed by atoms with Crippen LogP contribution >= 0.6 is 0 Å². The number of rotatable bonds is 8. The second-order valence-corrected chi connectivity index (χ2v) is 10.2. The van der Waals surface area contributed by atoms with E-state index >= 15 is 0 Å². The Kier molecular flexibility index (Phi) is 7.72. The quantitative estimate of drug-likeness (QED) is 0.511. The van der Waals surface area contributed by atoms with Gasteiger partial charge in [0, 0.05) is 24.8 Å². The summed E-state index contributed by atoms with van der Waals surface area (Å²) < 4.78 is 40.4. The maximum Gasteiger partial charge on any atom is 0.251 e. The molecule has 10 heteroatoms. The van der Waals surface area contributed by atoms with E-state index in [-0.39, 0.29) is 28.7 Å². The highest BCUT2D eigenvalue weighted by atomic mass is 32.2. The smallest absolute Gasteiger partial charge is 0.251 e. The second-order valence-electron chi connectivity index (χ2n) is 8.32. The molecule has 35 heavy (non-hydrogen) atoms. The topological polar surface area (TPSA) is 103 Å². The van der Waals surface area contributed by atoms with Gasteiger partial charge in [0.2, 0.25) is 10.0 Å². The molecule has 0 saturated carbocycles. The highest BCUT2D eigenvalue weighted by Crippen LogP contribution is 2.29. The molecule has 1 N–H and O–H groups in total. The average molecular weight is 499 g/mol. The summed E-state index contributed by atoms with van der Waals surface area (Å²) in [6.45, 7) is 1.14. The molecular formula is C25H30N4O5S. The van der Waals surface area contributed by atoms with Gasteiger partial charge in [-0.1, -0.05) is 12.8 Å². The lowest BCUT2D eigenvalue weighted by Crippen LogP contribution is -2.32. The highest BCUT2D eigenvalue weighted by Gasteiger charge is 2.29. The van der Waals surface area contributed by atoms with Crippen LogP contribution < -0.4 is 14.8 Å². The number of aromatic nitrogens is 2. The van der Waals surface area contributed by atoms with Crippen LogP contribution in [0.1, 0.15) is 41.7 Å². The van der Waals surface area contributed by atoms with Gasteiger partial charge < -0.3 is 14.8 Å². The lowest BCUT2D eigenvalue weighted by atomic mass is 10.2. The predicted molar refractivity (Wildman–Crippen MR) is 132 cm³/mol. The van der Waals surface area contributed by atoms with Crippen LogP contribution in [-0.2, 0) is 16.6 Å². The maximum absolute atomic E-state index is 13.3. The summed E-state index contributed by atoms with van der Waals surface area (Å²) in [5, 5.41) is 7.31. The molecule has 1 aliphatic rings. The van der Waals surface area contributed by atoms with E-state index in [4.69, 9.17) is 9.47 Å². The number of nitrogens with one attached hydrogen (secondary N) is 1. The van der Waals surface area contributed by atoms with Gasteiger partial charge in [-0.3, -0.25) is 4.79 Å². The molecular weight excluding hydrogens is 468 g/mol. The molecule has 0 aliphatic carbocycles. The minimum absolute atomic E-state index is 0.0123. The second kappa shape index (κ2) is 10.9. The number of carbonyl (C=O) groups excluding carboxylic acids is 1. The van der Waals surface area contributed by atoms with Crippen LogP contribution in [-0.4, -0.2) is 55.7 Å². The molecule has 0 bridgehead atoms. The molecule has 186 valence electrons. The zero-order valence-electron chi connectivity index (χ0n) is 19.9. The van der Waals surface area contributed by atoms with Gasteiger partial charge >= 0.3 is 0 Å². The molecule has 1 aliphatic heterocycles. The van der Waals surface area contributed by atoms with Gasteiger partial charge in [-0.05, 0) is 61.4 Å². The number of benzene rings is 2. The minimum atomic E-state index is -3.78. The number of amides is 1. The van der Waals surface area contributed by atoms with Crippen molar-refractivity contribution in [1.82, 2.24) is 19.4 Å². The Morgan fingerprint density at radius 1 is 0.971 bits per heavy atom. The summed E-state index contributed by atoms with van der Waals surface area (Å²) in [5.74, 6) is 0.591. The first-order valence-corrected chi connectivity index (χ1v) is 13.0. The van der Waals surface area contributed by atoms with Crippen LogP contribution in [0.15, 0.2) is 59.6 Å². The van der Waals surface area contributed by atoms with Crippen LogP contribution in [0.3, 0.4) is 0 Å². The summed E-state index contributed by atoms with van der Waals surface area (Å²) in [6, 6.07) is 13.8. The number of sulfonamides is 1. The summed E-state index contributed by atoms with van der Waals surface area (Å²) in [7, 11) is -0.743. The van der Waals surface area contributed by atoms with E-state index in [0.717, 1.165) is 37.1 Å². The molecule has 2 heterocycles. The summed E-state index contributed by atoms with van der Waals surface area (Å²) in [5.41, 5.74) is 1.77. The zero-order chi connectivity index (χ0) is 24.8. The van der Waals surface area contributed by atoms with Crippen LogP contribution in [0.4, 0.5) is 0 Å². The fourth-order valence-corrected chi connectivity index (χ4v) is 5.75. The summed E-state index contributed by atoms with van der Waals surface area (Å²) >= 11 is 0. The Balaban J connectivity index is 1.47. The van der Waals surface area contributed by atoms with Crippen LogP contribution in [0.5, 0.6) is 11.5 Å². The van der Waals surface area contributed by atoms with Crippen molar-refractivity contribution < 1.29 is 22.7 Å². The van der Waals surface area contributed by atoms with Crippen molar-refractivity contribution in [2.45, 2.75) is 37.1 Å². The number of hydrogen-bond acceptors (Lipinski definition) is 6. The molecule has 0 radical (unpaired) electrons. The molecule has 1 aromatic heterocycles. The van der Waals surface area contributed by atoms with Gasteiger partial charge in [0.15, 0.2) is 0 Å². The molecule has 9 nitrogen and oxygen atoms in total. The summed E-state index contributed by atoms with van der Waals surface area (Å²) in [6.07, 6.45) is 5.48. The lowest BCUT2D eigenvalue weighted by molar-refractivity contribution is 0.0950. The fraction of sp³-hybridized carbons (Fsp3) is 0.360. The van der Waals surface area contributed by atoms with E-state index in [1.54, 1.807) is 17.9 Å². The van der Waals surface area contributed by atoms with Gasteiger partial charge in [0.05, 0.1) is 32.1 Å². The van der Waals surface area contributed by atoms with E-state index < -0.39 is 10.0 Å². The Labute approximate surface area is 205 Å².